The summed E-state index contributed by atoms with van der Waals surface area (Å²) in [6.07, 6.45) is -0.264. The second kappa shape index (κ2) is 6.20. The lowest BCUT2D eigenvalue weighted by molar-refractivity contribution is -0.385. The van der Waals surface area contributed by atoms with E-state index in [9.17, 15) is 14.9 Å². The number of rotatable bonds is 5. The van der Waals surface area contributed by atoms with Crippen molar-refractivity contribution < 1.29 is 19.2 Å². The van der Waals surface area contributed by atoms with E-state index in [1.165, 1.54) is 19.2 Å². The van der Waals surface area contributed by atoms with Crippen molar-refractivity contribution in [1.29, 1.82) is 0 Å². The fourth-order valence-corrected chi connectivity index (χ4v) is 1.75. The number of halogens is 1. The lowest BCUT2D eigenvalue weighted by Gasteiger charge is -2.09. The van der Waals surface area contributed by atoms with Crippen LogP contribution in [0.4, 0.5) is 5.69 Å². The molecule has 0 aliphatic rings. The van der Waals surface area contributed by atoms with Crippen molar-refractivity contribution >= 4 is 23.3 Å². The van der Waals surface area contributed by atoms with Gasteiger partial charge in [0.15, 0.2) is 0 Å². The Bertz CT molecular complexity index is 475. The zero-order valence-electron chi connectivity index (χ0n) is 9.94. The van der Waals surface area contributed by atoms with Gasteiger partial charge < -0.3 is 9.47 Å². The Morgan fingerprint density at radius 3 is 2.67 bits per heavy atom. The van der Waals surface area contributed by atoms with Gasteiger partial charge in [0, 0.05) is 6.07 Å². The van der Waals surface area contributed by atoms with Crippen LogP contribution in [0, 0.1) is 10.1 Å². The maximum Gasteiger partial charge on any atom is 0.310 e. The van der Waals surface area contributed by atoms with Crippen LogP contribution in [0.1, 0.15) is 12.5 Å². The maximum atomic E-state index is 11.4. The highest BCUT2D eigenvalue weighted by molar-refractivity contribution is 6.33. The Labute approximate surface area is 109 Å². The molecule has 0 fully saturated rings. The molecule has 0 atom stereocenters. The number of nitrogens with zero attached hydrogens (tertiary/aromatic N) is 1. The number of carbonyl (C=O) groups is 1. The van der Waals surface area contributed by atoms with Gasteiger partial charge in [0.2, 0.25) is 0 Å². The Morgan fingerprint density at radius 1 is 1.50 bits per heavy atom. The van der Waals surface area contributed by atoms with E-state index in [0.29, 0.717) is 0 Å². The van der Waals surface area contributed by atoms with E-state index in [4.69, 9.17) is 21.1 Å². The summed E-state index contributed by atoms with van der Waals surface area (Å²) >= 11 is 5.97. The number of carbonyl (C=O) groups excluding carboxylic acids is 1. The molecule has 0 radical (unpaired) electrons. The summed E-state index contributed by atoms with van der Waals surface area (Å²) < 4.78 is 9.70. The third-order valence-corrected chi connectivity index (χ3v) is 2.64. The van der Waals surface area contributed by atoms with E-state index in [1.807, 2.05) is 0 Å². The molecule has 0 saturated carbocycles. The highest BCUT2D eigenvalue weighted by Gasteiger charge is 2.23. The number of hydrogen-bond acceptors (Lipinski definition) is 5. The van der Waals surface area contributed by atoms with Crippen LogP contribution in [0.5, 0.6) is 5.75 Å². The second-order valence-corrected chi connectivity index (χ2v) is 3.70. The molecule has 0 amide bonds. The van der Waals surface area contributed by atoms with E-state index in [0.717, 1.165) is 0 Å². The van der Waals surface area contributed by atoms with E-state index in [2.05, 4.69) is 0 Å². The van der Waals surface area contributed by atoms with Gasteiger partial charge in [-0.3, -0.25) is 14.9 Å². The predicted octanol–water partition coefficient (Wildman–Crippen LogP) is 2.36. The summed E-state index contributed by atoms with van der Waals surface area (Å²) in [6.45, 7) is 1.85. The normalized spacial score (nSPS) is 9.94. The first kappa shape index (κ1) is 14.2. The van der Waals surface area contributed by atoms with Gasteiger partial charge in [-0.25, -0.2) is 0 Å². The standard InChI is InChI=1S/C11H12ClNO5/c1-3-18-10(14)6-7-8(13(15)16)4-5-9(17-2)11(7)12/h4-5H,3,6H2,1-2H3. The number of nitro benzene ring substituents is 1. The van der Waals surface area contributed by atoms with Gasteiger partial charge in [-0.05, 0) is 13.0 Å². The van der Waals surface area contributed by atoms with Crippen molar-refractivity contribution in [2.75, 3.05) is 13.7 Å². The number of benzene rings is 1. The Balaban J connectivity index is 3.19. The Kier molecular flexibility index (Phi) is 4.91. The molecule has 1 aromatic rings. The fourth-order valence-electron chi connectivity index (χ4n) is 1.44. The van der Waals surface area contributed by atoms with Gasteiger partial charge >= 0.3 is 5.97 Å². The summed E-state index contributed by atoms with van der Waals surface area (Å²) in [5, 5.41) is 10.9. The third-order valence-electron chi connectivity index (χ3n) is 2.23. The zero-order chi connectivity index (χ0) is 13.7. The van der Waals surface area contributed by atoms with Crippen LogP contribution in [0.2, 0.25) is 5.02 Å². The minimum atomic E-state index is -0.597. The van der Waals surface area contributed by atoms with Gasteiger partial charge in [-0.1, -0.05) is 11.6 Å². The summed E-state index contributed by atoms with van der Waals surface area (Å²) in [7, 11) is 1.39. The van der Waals surface area contributed by atoms with Crippen LogP contribution < -0.4 is 4.74 Å². The third kappa shape index (κ3) is 3.10. The highest BCUT2D eigenvalue weighted by atomic mass is 35.5. The molecular weight excluding hydrogens is 262 g/mol. The molecule has 18 heavy (non-hydrogen) atoms. The molecule has 98 valence electrons. The fraction of sp³-hybridized carbons (Fsp3) is 0.364. The number of methoxy groups -OCH3 is 1. The largest absolute Gasteiger partial charge is 0.495 e. The van der Waals surface area contributed by atoms with Gasteiger partial charge in [-0.2, -0.15) is 0 Å². The van der Waals surface area contributed by atoms with Gasteiger partial charge in [0.05, 0.1) is 35.6 Å². The monoisotopic (exact) mass is 273 g/mol. The predicted molar refractivity (Wildman–Crippen MR) is 65.0 cm³/mol. The molecule has 6 nitrogen and oxygen atoms in total. The number of ether oxygens (including phenoxy) is 2. The van der Waals surface area contributed by atoms with E-state index >= 15 is 0 Å². The molecule has 1 aromatic carbocycles. The summed E-state index contributed by atoms with van der Waals surface area (Å²) in [6, 6.07) is 2.63. The Morgan fingerprint density at radius 2 is 2.17 bits per heavy atom. The van der Waals surface area contributed by atoms with E-state index < -0.39 is 10.9 Å². The summed E-state index contributed by atoms with van der Waals surface area (Å²) in [5.41, 5.74) is -0.131. The average Bonchev–Trinajstić information content (AvgIpc) is 2.31. The molecule has 0 heterocycles. The minimum Gasteiger partial charge on any atom is -0.495 e. The first-order valence-corrected chi connectivity index (χ1v) is 5.54. The second-order valence-electron chi connectivity index (χ2n) is 3.32. The molecule has 0 aliphatic heterocycles. The van der Waals surface area contributed by atoms with Crippen molar-refractivity contribution in [3.8, 4) is 5.75 Å². The highest BCUT2D eigenvalue weighted by Crippen LogP contribution is 2.34. The van der Waals surface area contributed by atoms with Crippen LogP contribution >= 0.6 is 11.6 Å². The molecule has 0 bridgehead atoms. The van der Waals surface area contributed by atoms with Crippen molar-refractivity contribution in [3.05, 3.63) is 32.8 Å². The molecular formula is C11H12ClNO5. The smallest absolute Gasteiger partial charge is 0.310 e. The molecule has 7 heteroatoms. The van der Waals surface area contributed by atoms with Crippen LogP contribution in [0.25, 0.3) is 0 Å². The van der Waals surface area contributed by atoms with E-state index in [-0.39, 0.29) is 35.1 Å². The molecule has 0 saturated heterocycles. The molecule has 0 spiro atoms. The van der Waals surface area contributed by atoms with Crippen LogP contribution in [0.15, 0.2) is 12.1 Å². The van der Waals surface area contributed by atoms with Crippen LogP contribution in [-0.4, -0.2) is 24.6 Å². The Hall–Kier alpha value is -1.82. The lowest BCUT2D eigenvalue weighted by atomic mass is 10.1. The SMILES string of the molecule is CCOC(=O)Cc1c([N+](=O)[O-])ccc(OC)c1Cl. The molecule has 0 unspecified atom stereocenters. The number of nitro groups is 1. The van der Waals surface area contributed by atoms with Gasteiger partial charge in [-0.15, -0.1) is 0 Å². The number of hydrogen-bond donors (Lipinski definition) is 0. The average molecular weight is 274 g/mol. The molecule has 0 aliphatic carbocycles. The van der Waals surface area contributed by atoms with E-state index in [1.54, 1.807) is 6.92 Å². The van der Waals surface area contributed by atoms with Gasteiger partial charge in [0.25, 0.3) is 5.69 Å². The maximum absolute atomic E-state index is 11.4. The minimum absolute atomic E-state index is 0.0553. The molecule has 0 N–H and O–H groups in total. The van der Waals surface area contributed by atoms with Crippen LogP contribution in [-0.2, 0) is 16.0 Å². The first-order valence-electron chi connectivity index (χ1n) is 5.16. The number of esters is 1. The summed E-state index contributed by atoms with van der Waals surface area (Å²) in [4.78, 5) is 21.7. The van der Waals surface area contributed by atoms with Gasteiger partial charge in [0.1, 0.15) is 5.75 Å². The lowest BCUT2D eigenvalue weighted by Crippen LogP contribution is -2.10. The zero-order valence-corrected chi connectivity index (χ0v) is 10.7. The summed E-state index contributed by atoms with van der Waals surface area (Å²) in [5.74, 6) is -0.294. The topological polar surface area (TPSA) is 78.7 Å². The molecule has 0 aromatic heterocycles. The quantitative estimate of drug-likeness (QED) is 0.467. The van der Waals surface area contributed by atoms with Crippen LogP contribution in [0.3, 0.4) is 0 Å². The van der Waals surface area contributed by atoms with Crippen molar-refractivity contribution in [1.82, 2.24) is 0 Å². The van der Waals surface area contributed by atoms with Crippen molar-refractivity contribution in [2.24, 2.45) is 0 Å². The molecule has 1 rings (SSSR count). The van der Waals surface area contributed by atoms with Crippen molar-refractivity contribution in [2.45, 2.75) is 13.3 Å². The first-order chi connectivity index (χ1) is 8.51. The van der Waals surface area contributed by atoms with Crippen molar-refractivity contribution in [3.63, 3.8) is 0 Å².